The Labute approximate surface area is 89.9 Å². The highest BCUT2D eigenvalue weighted by Crippen LogP contribution is 2.21. The third-order valence-corrected chi connectivity index (χ3v) is 2.43. The third-order valence-electron chi connectivity index (χ3n) is 2.43. The van der Waals surface area contributed by atoms with Crippen LogP contribution in [0.2, 0.25) is 0 Å². The first-order valence-corrected chi connectivity index (χ1v) is 4.82. The van der Waals surface area contributed by atoms with Crippen molar-refractivity contribution in [1.29, 1.82) is 5.26 Å². The second-order valence-electron chi connectivity index (χ2n) is 3.71. The lowest BCUT2D eigenvalue weighted by Crippen LogP contribution is -2.26. The van der Waals surface area contributed by atoms with E-state index in [9.17, 15) is 4.79 Å². The van der Waals surface area contributed by atoms with Gasteiger partial charge >= 0.3 is 0 Å². The molecule has 0 radical (unpaired) electrons. The molecule has 3 heteroatoms. The molecule has 0 aliphatic heterocycles. The highest BCUT2D eigenvalue weighted by Gasteiger charge is 2.10. The van der Waals surface area contributed by atoms with Crippen LogP contribution in [-0.2, 0) is 0 Å². The van der Waals surface area contributed by atoms with Crippen LogP contribution >= 0.6 is 0 Å². The smallest absolute Gasteiger partial charge is 0.150 e. The first-order chi connectivity index (χ1) is 7.10. The summed E-state index contributed by atoms with van der Waals surface area (Å²) in [5.74, 6) is 0. The Morgan fingerprint density at radius 3 is 2.60 bits per heavy atom. The van der Waals surface area contributed by atoms with Crippen LogP contribution < -0.4 is 4.90 Å². The number of rotatable bonds is 3. The minimum atomic E-state index is 0.319. The molecular formula is C12H14N2O. The van der Waals surface area contributed by atoms with Crippen LogP contribution in [0.15, 0.2) is 18.2 Å². The molecule has 0 aliphatic rings. The lowest BCUT2D eigenvalue weighted by molar-refractivity contribution is 0.112. The van der Waals surface area contributed by atoms with E-state index >= 15 is 0 Å². The zero-order valence-electron chi connectivity index (χ0n) is 9.19. The molecule has 0 aliphatic carbocycles. The number of benzene rings is 1. The van der Waals surface area contributed by atoms with Gasteiger partial charge in [0.05, 0.1) is 11.3 Å². The molecule has 3 nitrogen and oxygen atoms in total. The van der Waals surface area contributed by atoms with Gasteiger partial charge in [0.25, 0.3) is 0 Å². The van der Waals surface area contributed by atoms with E-state index in [1.54, 1.807) is 12.1 Å². The van der Waals surface area contributed by atoms with Gasteiger partial charge in [0.1, 0.15) is 12.4 Å². The average Bonchev–Trinajstić information content (AvgIpc) is 2.27. The maximum Gasteiger partial charge on any atom is 0.150 e. The third kappa shape index (κ3) is 2.35. The standard InChI is InChI=1S/C12H14N2O/c1-9(2)14(3)12-5-4-10(8-15)6-11(12)7-13/h4-6,8-9H,1-3H3. The van der Waals surface area contributed by atoms with Crippen molar-refractivity contribution in [3.8, 4) is 6.07 Å². The molecule has 0 saturated carbocycles. The largest absolute Gasteiger partial charge is 0.371 e. The number of carbonyl (C=O) groups is 1. The van der Waals surface area contributed by atoms with E-state index in [-0.39, 0.29) is 0 Å². The van der Waals surface area contributed by atoms with Gasteiger partial charge in [0.2, 0.25) is 0 Å². The highest BCUT2D eigenvalue weighted by atomic mass is 16.1. The summed E-state index contributed by atoms with van der Waals surface area (Å²) in [4.78, 5) is 12.6. The lowest BCUT2D eigenvalue weighted by Gasteiger charge is -2.24. The minimum absolute atomic E-state index is 0.319. The fourth-order valence-corrected chi connectivity index (χ4v) is 1.30. The molecule has 0 saturated heterocycles. The Kier molecular flexibility index (Phi) is 3.46. The number of hydrogen-bond donors (Lipinski definition) is 0. The first kappa shape index (κ1) is 11.3. The second-order valence-corrected chi connectivity index (χ2v) is 3.71. The van der Waals surface area contributed by atoms with Gasteiger partial charge in [-0.2, -0.15) is 5.26 Å². The molecule has 0 amide bonds. The molecule has 1 rings (SSSR count). The summed E-state index contributed by atoms with van der Waals surface area (Å²) in [6.45, 7) is 4.10. The average molecular weight is 202 g/mol. The van der Waals surface area contributed by atoms with Crippen molar-refractivity contribution in [1.82, 2.24) is 0 Å². The Balaban J connectivity index is 3.20. The molecule has 0 aromatic heterocycles. The minimum Gasteiger partial charge on any atom is -0.371 e. The summed E-state index contributed by atoms with van der Waals surface area (Å²) in [6, 6.07) is 7.57. The van der Waals surface area contributed by atoms with Gasteiger partial charge in [0, 0.05) is 18.7 Å². The molecule has 0 fully saturated rings. The summed E-state index contributed by atoms with van der Waals surface area (Å²) in [6.07, 6.45) is 0.750. The number of carbonyl (C=O) groups excluding carboxylic acids is 1. The highest BCUT2D eigenvalue weighted by molar-refractivity contribution is 5.78. The molecule has 0 atom stereocenters. The van der Waals surface area contributed by atoms with Crippen LogP contribution in [0.5, 0.6) is 0 Å². The number of hydrogen-bond acceptors (Lipinski definition) is 3. The van der Waals surface area contributed by atoms with E-state index in [1.165, 1.54) is 0 Å². The topological polar surface area (TPSA) is 44.1 Å². The van der Waals surface area contributed by atoms with Crippen LogP contribution in [-0.4, -0.2) is 19.4 Å². The summed E-state index contributed by atoms with van der Waals surface area (Å²) in [5, 5.41) is 8.98. The maximum atomic E-state index is 10.6. The molecular weight excluding hydrogens is 188 g/mol. The van der Waals surface area contributed by atoms with E-state index in [2.05, 4.69) is 19.9 Å². The molecule has 0 N–H and O–H groups in total. The molecule has 78 valence electrons. The number of aldehydes is 1. The molecule has 0 spiro atoms. The monoisotopic (exact) mass is 202 g/mol. The molecule has 0 heterocycles. The SMILES string of the molecule is CC(C)N(C)c1ccc(C=O)cc1C#N. The molecule has 1 aromatic carbocycles. The van der Waals surface area contributed by atoms with E-state index in [0.29, 0.717) is 17.2 Å². The summed E-state index contributed by atoms with van der Waals surface area (Å²) in [5.41, 5.74) is 1.93. The van der Waals surface area contributed by atoms with Crippen molar-refractivity contribution in [2.24, 2.45) is 0 Å². The van der Waals surface area contributed by atoms with Gasteiger partial charge in [-0.3, -0.25) is 4.79 Å². The Bertz CT molecular complexity index is 405. The van der Waals surface area contributed by atoms with Gasteiger partial charge in [-0.1, -0.05) is 0 Å². The van der Waals surface area contributed by atoms with Crippen molar-refractivity contribution in [2.45, 2.75) is 19.9 Å². The predicted molar refractivity (Wildman–Crippen MR) is 60.1 cm³/mol. The van der Waals surface area contributed by atoms with E-state index in [1.807, 2.05) is 18.0 Å². The lowest BCUT2D eigenvalue weighted by atomic mass is 10.1. The molecule has 1 aromatic rings. The van der Waals surface area contributed by atoms with Crippen molar-refractivity contribution >= 4 is 12.0 Å². The zero-order valence-corrected chi connectivity index (χ0v) is 9.19. The second kappa shape index (κ2) is 4.61. The van der Waals surface area contributed by atoms with E-state index < -0.39 is 0 Å². The predicted octanol–water partition coefficient (Wildman–Crippen LogP) is 2.22. The van der Waals surface area contributed by atoms with Gasteiger partial charge < -0.3 is 4.90 Å². The Hall–Kier alpha value is -1.82. The molecule has 0 unspecified atom stereocenters. The van der Waals surface area contributed by atoms with Gasteiger partial charge in [-0.15, -0.1) is 0 Å². The Morgan fingerprint density at radius 1 is 1.47 bits per heavy atom. The quantitative estimate of drug-likeness (QED) is 0.706. The summed E-state index contributed by atoms with van der Waals surface area (Å²) in [7, 11) is 1.93. The van der Waals surface area contributed by atoms with Gasteiger partial charge in [-0.25, -0.2) is 0 Å². The van der Waals surface area contributed by atoms with Crippen LogP contribution in [0, 0.1) is 11.3 Å². The van der Waals surface area contributed by atoms with E-state index in [0.717, 1.165) is 12.0 Å². The van der Waals surface area contributed by atoms with Crippen molar-refractivity contribution in [3.05, 3.63) is 29.3 Å². The van der Waals surface area contributed by atoms with Gasteiger partial charge in [-0.05, 0) is 32.0 Å². The fraction of sp³-hybridized carbons (Fsp3) is 0.333. The number of nitrogens with zero attached hydrogens (tertiary/aromatic N) is 2. The summed E-state index contributed by atoms with van der Waals surface area (Å²) < 4.78 is 0. The molecule has 15 heavy (non-hydrogen) atoms. The van der Waals surface area contributed by atoms with E-state index in [4.69, 9.17) is 5.26 Å². The normalized spacial score (nSPS) is 9.80. The number of anilines is 1. The summed E-state index contributed by atoms with van der Waals surface area (Å²) >= 11 is 0. The van der Waals surface area contributed by atoms with Crippen LogP contribution in [0.25, 0.3) is 0 Å². The van der Waals surface area contributed by atoms with Crippen LogP contribution in [0.4, 0.5) is 5.69 Å². The van der Waals surface area contributed by atoms with Crippen molar-refractivity contribution in [2.75, 3.05) is 11.9 Å². The van der Waals surface area contributed by atoms with Crippen molar-refractivity contribution < 1.29 is 4.79 Å². The van der Waals surface area contributed by atoms with Crippen molar-refractivity contribution in [3.63, 3.8) is 0 Å². The fourth-order valence-electron chi connectivity index (χ4n) is 1.30. The first-order valence-electron chi connectivity index (χ1n) is 4.82. The van der Waals surface area contributed by atoms with Crippen LogP contribution in [0.3, 0.4) is 0 Å². The molecule has 0 bridgehead atoms. The van der Waals surface area contributed by atoms with Gasteiger partial charge in [0.15, 0.2) is 0 Å². The maximum absolute atomic E-state index is 10.6. The van der Waals surface area contributed by atoms with Crippen LogP contribution in [0.1, 0.15) is 29.8 Å². The Morgan fingerprint density at radius 2 is 2.13 bits per heavy atom. The number of nitriles is 1. The zero-order chi connectivity index (χ0) is 11.4.